The molecule has 7 heteroatoms. The highest BCUT2D eigenvalue weighted by atomic mass is 32.2. The molecule has 0 bridgehead atoms. The number of oxazole rings is 1. The van der Waals surface area contributed by atoms with E-state index in [1.165, 1.54) is 24.3 Å². The van der Waals surface area contributed by atoms with Crippen molar-refractivity contribution < 1.29 is 17.4 Å². The molecule has 0 amide bonds. The first kappa shape index (κ1) is 16.2. The van der Waals surface area contributed by atoms with Gasteiger partial charge in [-0.05, 0) is 48.5 Å². The van der Waals surface area contributed by atoms with E-state index in [0.717, 1.165) is 11.3 Å². The second kappa shape index (κ2) is 6.10. The molecule has 0 saturated heterocycles. The quantitative estimate of drug-likeness (QED) is 0.677. The first-order chi connectivity index (χ1) is 11.3. The number of nitrogens with zero attached hydrogens (tertiary/aromatic N) is 2. The fraction of sp³-hybridized carbons (Fsp3) is 0.118. The standard InChI is InChI=1S/C17H16N2O4S/c1-19(2)14-7-3-12(4-8-14)16-11-18-17(23-16)13-5-9-15(10-6-13)24(20,21)22/h3-11H,1-2H3,(H,20,21,22)/p-1. The van der Waals surface area contributed by atoms with Crippen molar-refractivity contribution in [3.05, 3.63) is 54.7 Å². The zero-order valence-corrected chi connectivity index (χ0v) is 13.9. The molecule has 0 saturated carbocycles. The van der Waals surface area contributed by atoms with Crippen molar-refractivity contribution in [1.82, 2.24) is 4.98 Å². The summed E-state index contributed by atoms with van der Waals surface area (Å²) >= 11 is 0. The molecule has 1 heterocycles. The monoisotopic (exact) mass is 343 g/mol. The fourth-order valence-corrected chi connectivity index (χ4v) is 2.70. The van der Waals surface area contributed by atoms with Crippen LogP contribution in [0.3, 0.4) is 0 Å². The first-order valence-electron chi connectivity index (χ1n) is 7.14. The summed E-state index contributed by atoms with van der Waals surface area (Å²) in [6, 6.07) is 13.3. The van der Waals surface area contributed by atoms with Gasteiger partial charge in [0, 0.05) is 30.9 Å². The lowest BCUT2D eigenvalue weighted by atomic mass is 10.1. The molecule has 0 spiro atoms. The Bertz CT molecular complexity index is 943. The van der Waals surface area contributed by atoms with Gasteiger partial charge in [0.25, 0.3) is 0 Å². The summed E-state index contributed by atoms with van der Waals surface area (Å²) in [4.78, 5) is 5.93. The highest BCUT2D eigenvalue weighted by molar-refractivity contribution is 7.85. The van der Waals surface area contributed by atoms with Crippen LogP contribution in [0.5, 0.6) is 0 Å². The van der Waals surface area contributed by atoms with Gasteiger partial charge in [0.15, 0.2) is 5.76 Å². The van der Waals surface area contributed by atoms with E-state index in [-0.39, 0.29) is 4.90 Å². The lowest BCUT2D eigenvalue weighted by Crippen LogP contribution is -2.07. The van der Waals surface area contributed by atoms with Gasteiger partial charge >= 0.3 is 0 Å². The molecule has 2 aromatic carbocycles. The second-order valence-electron chi connectivity index (χ2n) is 5.45. The Balaban J connectivity index is 1.87. The van der Waals surface area contributed by atoms with Gasteiger partial charge in [0.1, 0.15) is 10.1 Å². The average molecular weight is 343 g/mol. The van der Waals surface area contributed by atoms with Crippen LogP contribution in [0.25, 0.3) is 22.8 Å². The minimum atomic E-state index is -4.46. The maximum Gasteiger partial charge on any atom is 0.226 e. The molecule has 0 unspecified atom stereocenters. The van der Waals surface area contributed by atoms with Gasteiger partial charge in [-0.3, -0.25) is 0 Å². The number of benzene rings is 2. The molecule has 1 aromatic heterocycles. The molecule has 0 N–H and O–H groups in total. The Morgan fingerprint density at radius 3 is 2.08 bits per heavy atom. The van der Waals surface area contributed by atoms with Gasteiger partial charge in [0.2, 0.25) is 5.89 Å². The van der Waals surface area contributed by atoms with E-state index in [2.05, 4.69) is 4.98 Å². The molecular formula is C17H15N2O4S-. The summed E-state index contributed by atoms with van der Waals surface area (Å²) in [5.41, 5.74) is 2.56. The van der Waals surface area contributed by atoms with Crippen LogP contribution in [0.1, 0.15) is 0 Å². The molecule has 6 nitrogen and oxygen atoms in total. The molecule has 3 aromatic rings. The number of anilines is 1. The highest BCUT2D eigenvalue weighted by Crippen LogP contribution is 2.27. The molecular weight excluding hydrogens is 328 g/mol. The highest BCUT2D eigenvalue weighted by Gasteiger charge is 2.10. The maximum atomic E-state index is 10.9. The zero-order valence-electron chi connectivity index (χ0n) is 13.1. The third-order valence-electron chi connectivity index (χ3n) is 3.56. The van der Waals surface area contributed by atoms with E-state index < -0.39 is 10.1 Å². The van der Waals surface area contributed by atoms with Crippen LogP contribution in [0, 0.1) is 0 Å². The third-order valence-corrected chi connectivity index (χ3v) is 4.41. The number of hydrogen-bond donors (Lipinski definition) is 0. The van der Waals surface area contributed by atoms with Crippen LogP contribution in [0.15, 0.2) is 64.0 Å². The van der Waals surface area contributed by atoms with Gasteiger partial charge in [-0.2, -0.15) is 0 Å². The number of hydrogen-bond acceptors (Lipinski definition) is 6. The van der Waals surface area contributed by atoms with Crippen LogP contribution in [0.4, 0.5) is 5.69 Å². The van der Waals surface area contributed by atoms with Crippen molar-refractivity contribution in [1.29, 1.82) is 0 Å². The Morgan fingerprint density at radius 2 is 1.54 bits per heavy atom. The Kier molecular flexibility index (Phi) is 4.13. The van der Waals surface area contributed by atoms with Crippen molar-refractivity contribution in [3.63, 3.8) is 0 Å². The summed E-state index contributed by atoms with van der Waals surface area (Å²) in [6.45, 7) is 0. The van der Waals surface area contributed by atoms with E-state index in [1.807, 2.05) is 43.3 Å². The average Bonchev–Trinajstić information content (AvgIpc) is 3.04. The smallest absolute Gasteiger partial charge is 0.226 e. The van der Waals surface area contributed by atoms with Crippen molar-refractivity contribution in [2.45, 2.75) is 4.90 Å². The molecule has 3 rings (SSSR count). The molecule has 0 fully saturated rings. The van der Waals surface area contributed by atoms with Gasteiger partial charge in [-0.1, -0.05) is 0 Å². The lowest BCUT2D eigenvalue weighted by Gasteiger charge is -2.11. The normalized spacial score (nSPS) is 11.5. The minimum Gasteiger partial charge on any atom is -0.744 e. The minimum absolute atomic E-state index is 0.280. The van der Waals surface area contributed by atoms with Gasteiger partial charge < -0.3 is 13.9 Å². The first-order valence-corrected chi connectivity index (χ1v) is 8.55. The Hall–Kier alpha value is -2.64. The van der Waals surface area contributed by atoms with E-state index in [0.29, 0.717) is 17.2 Å². The largest absolute Gasteiger partial charge is 0.744 e. The van der Waals surface area contributed by atoms with Crippen LogP contribution >= 0.6 is 0 Å². The third kappa shape index (κ3) is 3.32. The summed E-state index contributed by atoms with van der Waals surface area (Å²) < 4.78 is 38.6. The van der Waals surface area contributed by atoms with Crippen molar-refractivity contribution in [2.24, 2.45) is 0 Å². The van der Waals surface area contributed by atoms with E-state index >= 15 is 0 Å². The summed E-state index contributed by atoms with van der Waals surface area (Å²) in [7, 11) is -0.525. The zero-order chi connectivity index (χ0) is 17.3. The molecule has 24 heavy (non-hydrogen) atoms. The van der Waals surface area contributed by atoms with Crippen molar-refractivity contribution in [2.75, 3.05) is 19.0 Å². The Labute approximate surface area is 140 Å². The van der Waals surface area contributed by atoms with Crippen LogP contribution in [-0.2, 0) is 10.1 Å². The lowest BCUT2D eigenvalue weighted by molar-refractivity contribution is 0.463. The number of aromatic nitrogens is 1. The summed E-state index contributed by atoms with van der Waals surface area (Å²) in [5, 5.41) is 0. The van der Waals surface area contributed by atoms with Crippen LogP contribution in [-0.4, -0.2) is 32.0 Å². The second-order valence-corrected chi connectivity index (χ2v) is 6.83. The molecule has 0 aliphatic heterocycles. The SMILES string of the molecule is CN(C)c1ccc(-c2cnc(-c3ccc(S(=O)(=O)[O-])cc3)o2)cc1. The number of rotatable bonds is 4. The molecule has 124 valence electrons. The molecule has 0 radical (unpaired) electrons. The summed E-state index contributed by atoms with van der Waals surface area (Å²) in [5.74, 6) is 0.965. The van der Waals surface area contributed by atoms with Crippen LogP contribution < -0.4 is 4.90 Å². The van der Waals surface area contributed by atoms with Gasteiger partial charge in [-0.25, -0.2) is 13.4 Å². The molecule has 0 aliphatic carbocycles. The predicted octanol–water partition coefficient (Wildman–Crippen LogP) is 2.98. The Morgan fingerprint density at radius 1 is 0.958 bits per heavy atom. The van der Waals surface area contributed by atoms with Gasteiger partial charge in [0.05, 0.1) is 11.1 Å². The fourth-order valence-electron chi connectivity index (χ4n) is 2.23. The maximum absolute atomic E-state index is 10.9. The van der Waals surface area contributed by atoms with Crippen molar-refractivity contribution >= 4 is 15.8 Å². The van der Waals surface area contributed by atoms with Gasteiger partial charge in [-0.15, -0.1) is 0 Å². The molecule has 0 atom stereocenters. The van der Waals surface area contributed by atoms with Crippen LogP contribution in [0.2, 0.25) is 0 Å². The van der Waals surface area contributed by atoms with E-state index in [4.69, 9.17) is 4.42 Å². The van der Waals surface area contributed by atoms with E-state index in [9.17, 15) is 13.0 Å². The predicted molar refractivity (Wildman–Crippen MR) is 89.7 cm³/mol. The summed E-state index contributed by atoms with van der Waals surface area (Å²) in [6.07, 6.45) is 1.61. The van der Waals surface area contributed by atoms with Crippen molar-refractivity contribution in [3.8, 4) is 22.8 Å². The molecule has 0 aliphatic rings. The topological polar surface area (TPSA) is 86.5 Å². The van der Waals surface area contributed by atoms with E-state index in [1.54, 1.807) is 6.20 Å².